The van der Waals surface area contributed by atoms with Gasteiger partial charge in [-0.25, -0.2) is 4.98 Å². The third-order valence-electron chi connectivity index (χ3n) is 2.88. The average Bonchev–Trinajstić information content (AvgIpc) is 2.76. The first-order valence-electron chi connectivity index (χ1n) is 6.69. The Hall–Kier alpha value is -1.04. The molecular formula is C15H20N2OS2. The number of thioether (sulfide) groups is 1. The van der Waals surface area contributed by atoms with Crippen molar-refractivity contribution in [3.8, 4) is 0 Å². The standard InChI is InChI=1S/C15H20N2OS2/c1-11-15(20-12(2)17-11)10-16-13-4-6-14(7-5-13)19-9-3-8-18/h4-7,16,18H,3,8-10H2,1-2H3. The van der Waals surface area contributed by atoms with Crippen LogP contribution in [0.3, 0.4) is 0 Å². The smallest absolute Gasteiger partial charge is 0.0900 e. The Morgan fingerprint density at radius 3 is 2.60 bits per heavy atom. The van der Waals surface area contributed by atoms with Gasteiger partial charge in [0.2, 0.25) is 0 Å². The molecule has 2 aromatic rings. The molecule has 0 saturated heterocycles. The van der Waals surface area contributed by atoms with Gasteiger partial charge in [0.25, 0.3) is 0 Å². The highest BCUT2D eigenvalue weighted by Crippen LogP contribution is 2.22. The summed E-state index contributed by atoms with van der Waals surface area (Å²) >= 11 is 3.53. The summed E-state index contributed by atoms with van der Waals surface area (Å²) in [5, 5.41) is 13.3. The van der Waals surface area contributed by atoms with Crippen LogP contribution in [0.25, 0.3) is 0 Å². The Kier molecular flexibility index (Phi) is 5.88. The highest BCUT2D eigenvalue weighted by Gasteiger charge is 2.04. The van der Waals surface area contributed by atoms with Crippen molar-refractivity contribution >= 4 is 28.8 Å². The third kappa shape index (κ3) is 4.51. The molecule has 0 bridgehead atoms. The highest BCUT2D eigenvalue weighted by molar-refractivity contribution is 7.99. The van der Waals surface area contributed by atoms with E-state index in [4.69, 9.17) is 5.11 Å². The van der Waals surface area contributed by atoms with Gasteiger partial charge in [0.15, 0.2) is 0 Å². The minimum Gasteiger partial charge on any atom is -0.396 e. The lowest BCUT2D eigenvalue weighted by molar-refractivity contribution is 0.296. The van der Waals surface area contributed by atoms with Gasteiger partial charge in [0.05, 0.1) is 17.2 Å². The predicted molar refractivity (Wildman–Crippen MR) is 87.8 cm³/mol. The van der Waals surface area contributed by atoms with Gasteiger partial charge in [0.1, 0.15) is 0 Å². The van der Waals surface area contributed by atoms with E-state index in [2.05, 4.69) is 41.5 Å². The van der Waals surface area contributed by atoms with Gasteiger partial charge in [-0.1, -0.05) is 0 Å². The minimum atomic E-state index is 0.264. The summed E-state index contributed by atoms with van der Waals surface area (Å²) < 4.78 is 0. The number of aliphatic hydroxyl groups excluding tert-OH is 1. The van der Waals surface area contributed by atoms with Crippen LogP contribution in [0.1, 0.15) is 22.0 Å². The second kappa shape index (κ2) is 7.67. The lowest BCUT2D eigenvalue weighted by Crippen LogP contribution is -1.98. The number of rotatable bonds is 7. The van der Waals surface area contributed by atoms with E-state index in [0.29, 0.717) is 0 Å². The van der Waals surface area contributed by atoms with E-state index < -0.39 is 0 Å². The van der Waals surface area contributed by atoms with Gasteiger partial charge in [0, 0.05) is 27.8 Å². The van der Waals surface area contributed by atoms with E-state index in [-0.39, 0.29) is 6.61 Å². The van der Waals surface area contributed by atoms with E-state index in [0.717, 1.165) is 35.1 Å². The van der Waals surface area contributed by atoms with Crippen molar-refractivity contribution in [1.29, 1.82) is 0 Å². The Bertz CT molecular complexity index is 537. The number of anilines is 1. The number of hydrogen-bond donors (Lipinski definition) is 2. The topological polar surface area (TPSA) is 45.2 Å². The molecule has 1 aromatic heterocycles. The molecule has 0 unspecified atom stereocenters. The molecule has 0 aliphatic carbocycles. The number of thiazole rings is 1. The van der Waals surface area contributed by atoms with Crippen molar-refractivity contribution in [3.05, 3.63) is 39.8 Å². The van der Waals surface area contributed by atoms with E-state index in [1.165, 1.54) is 9.77 Å². The molecule has 108 valence electrons. The van der Waals surface area contributed by atoms with Crippen LogP contribution >= 0.6 is 23.1 Å². The molecular weight excluding hydrogens is 288 g/mol. The predicted octanol–water partition coefficient (Wildman–Crippen LogP) is 3.85. The van der Waals surface area contributed by atoms with Gasteiger partial charge in [-0.3, -0.25) is 0 Å². The number of hydrogen-bond acceptors (Lipinski definition) is 5. The van der Waals surface area contributed by atoms with Crippen LogP contribution in [0.4, 0.5) is 5.69 Å². The molecule has 5 heteroatoms. The Morgan fingerprint density at radius 2 is 2.00 bits per heavy atom. The summed E-state index contributed by atoms with van der Waals surface area (Å²) in [4.78, 5) is 6.97. The second-order valence-corrected chi connectivity index (χ2v) is 7.00. The van der Waals surface area contributed by atoms with E-state index in [1.807, 2.05) is 6.92 Å². The number of aliphatic hydroxyl groups is 1. The minimum absolute atomic E-state index is 0.264. The molecule has 0 aliphatic rings. The van der Waals surface area contributed by atoms with Crippen LogP contribution in [0.5, 0.6) is 0 Å². The molecule has 1 heterocycles. The fourth-order valence-corrected chi connectivity index (χ4v) is 3.56. The summed E-state index contributed by atoms with van der Waals surface area (Å²) in [6.45, 7) is 5.19. The summed E-state index contributed by atoms with van der Waals surface area (Å²) in [6.07, 6.45) is 0.842. The lowest BCUT2D eigenvalue weighted by atomic mass is 10.3. The zero-order chi connectivity index (χ0) is 14.4. The van der Waals surface area contributed by atoms with Crippen LogP contribution < -0.4 is 5.32 Å². The zero-order valence-electron chi connectivity index (χ0n) is 11.8. The Balaban J connectivity index is 1.86. The van der Waals surface area contributed by atoms with Crippen LogP contribution in [-0.4, -0.2) is 22.5 Å². The molecule has 0 aliphatic heterocycles. The van der Waals surface area contributed by atoms with E-state index in [1.54, 1.807) is 23.1 Å². The summed E-state index contributed by atoms with van der Waals surface area (Å²) in [5.41, 5.74) is 2.25. The molecule has 0 fully saturated rings. The Morgan fingerprint density at radius 1 is 1.25 bits per heavy atom. The monoisotopic (exact) mass is 308 g/mol. The summed E-state index contributed by atoms with van der Waals surface area (Å²) in [6, 6.07) is 8.44. The van der Waals surface area contributed by atoms with Gasteiger partial charge in [-0.2, -0.15) is 0 Å². The van der Waals surface area contributed by atoms with E-state index in [9.17, 15) is 0 Å². The van der Waals surface area contributed by atoms with Crippen LogP contribution in [-0.2, 0) is 6.54 Å². The van der Waals surface area contributed by atoms with Crippen LogP contribution in [0.2, 0.25) is 0 Å². The van der Waals surface area contributed by atoms with Gasteiger partial charge in [-0.15, -0.1) is 23.1 Å². The average molecular weight is 308 g/mol. The molecule has 0 saturated carbocycles. The third-order valence-corrected chi connectivity index (χ3v) is 5.05. The van der Waals surface area contributed by atoms with Crippen molar-refractivity contribution in [2.24, 2.45) is 0 Å². The van der Waals surface area contributed by atoms with Crippen molar-refractivity contribution in [2.45, 2.75) is 31.7 Å². The highest BCUT2D eigenvalue weighted by atomic mass is 32.2. The first kappa shape index (κ1) is 15.4. The Labute approximate surface area is 128 Å². The van der Waals surface area contributed by atoms with Crippen molar-refractivity contribution in [1.82, 2.24) is 4.98 Å². The summed E-state index contributed by atoms with van der Waals surface area (Å²) in [5.74, 6) is 0.961. The first-order valence-corrected chi connectivity index (χ1v) is 8.50. The molecule has 0 atom stereocenters. The molecule has 1 aromatic carbocycles. The fraction of sp³-hybridized carbons (Fsp3) is 0.400. The lowest BCUT2D eigenvalue weighted by Gasteiger charge is -2.06. The molecule has 2 rings (SSSR count). The zero-order valence-corrected chi connectivity index (χ0v) is 13.5. The maximum absolute atomic E-state index is 8.76. The molecule has 0 amide bonds. The van der Waals surface area contributed by atoms with E-state index >= 15 is 0 Å². The van der Waals surface area contributed by atoms with Crippen LogP contribution in [0.15, 0.2) is 29.2 Å². The largest absolute Gasteiger partial charge is 0.396 e. The second-order valence-electron chi connectivity index (χ2n) is 4.55. The van der Waals surface area contributed by atoms with Gasteiger partial charge < -0.3 is 10.4 Å². The SMILES string of the molecule is Cc1nc(C)c(CNc2ccc(SCCCO)cc2)s1. The van der Waals surface area contributed by atoms with Crippen molar-refractivity contribution in [3.63, 3.8) is 0 Å². The number of nitrogens with zero attached hydrogens (tertiary/aromatic N) is 1. The maximum atomic E-state index is 8.76. The molecule has 20 heavy (non-hydrogen) atoms. The van der Waals surface area contributed by atoms with Crippen LogP contribution in [0, 0.1) is 13.8 Å². The molecule has 0 spiro atoms. The number of benzene rings is 1. The van der Waals surface area contributed by atoms with Gasteiger partial charge >= 0.3 is 0 Å². The number of aryl methyl sites for hydroxylation is 2. The van der Waals surface area contributed by atoms with Crippen molar-refractivity contribution < 1.29 is 5.11 Å². The molecule has 3 nitrogen and oxygen atoms in total. The maximum Gasteiger partial charge on any atom is 0.0900 e. The number of nitrogens with one attached hydrogen (secondary N) is 1. The molecule has 0 radical (unpaired) electrons. The van der Waals surface area contributed by atoms with Gasteiger partial charge in [-0.05, 0) is 44.5 Å². The molecule has 2 N–H and O–H groups in total. The number of aromatic nitrogens is 1. The van der Waals surface area contributed by atoms with Crippen molar-refractivity contribution in [2.75, 3.05) is 17.7 Å². The normalized spacial score (nSPS) is 10.8. The fourth-order valence-electron chi connectivity index (χ4n) is 1.84. The summed E-state index contributed by atoms with van der Waals surface area (Å²) in [7, 11) is 0. The first-order chi connectivity index (χ1) is 9.69. The quantitative estimate of drug-likeness (QED) is 0.602.